The SMILES string of the molecule is CC(CN)CC(=O)NC1CCN(C)C1. The van der Waals surface area contributed by atoms with Gasteiger partial charge in [0.25, 0.3) is 0 Å². The van der Waals surface area contributed by atoms with Crippen molar-refractivity contribution in [3.8, 4) is 0 Å². The normalized spacial score (nSPS) is 24.9. The van der Waals surface area contributed by atoms with E-state index in [0.717, 1.165) is 19.5 Å². The minimum Gasteiger partial charge on any atom is -0.352 e. The number of hydrogen-bond acceptors (Lipinski definition) is 3. The zero-order valence-electron chi connectivity index (χ0n) is 9.12. The first kappa shape index (κ1) is 11.5. The van der Waals surface area contributed by atoms with E-state index in [1.54, 1.807) is 0 Å². The molecule has 1 heterocycles. The molecule has 0 saturated carbocycles. The highest BCUT2D eigenvalue weighted by Gasteiger charge is 2.21. The lowest BCUT2D eigenvalue weighted by Crippen LogP contribution is -2.37. The van der Waals surface area contributed by atoms with Crippen LogP contribution in [-0.4, -0.2) is 43.5 Å². The number of nitrogens with zero attached hydrogens (tertiary/aromatic N) is 1. The first-order valence-electron chi connectivity index (χ1n) is 5.29. The molecule has 1 amide bonds. The minimum absolute atomic E-state index is 0.142. The number of carbonyl (C=O) groups is 1. The van der Waals surface area contributed by atoms with Crippen LogP contribution in [0.4, 0.5) is 0 Å². The summed E-state index contributed by atoms with van der Waals surface area (Å²) in [6.07, 6.45) is 1.62. The second-order valence-electron chi connectivity index (χ2n) is 4.36. The van der Waals surface area contributed by atoms with Gasteiger partial charge in [0.15, 0.2) is 0 Å². The van der Waals surface area contributed by atoms with Gasteiger partial charge in [-0.2, -0.15) is 0 Å². The number of carbonyl (C=O) groups excluding carboxylic acids is 1. The van der Waals surface area contributed by atoms with Crippen LogP contribution in [0.1, 0.15) is 19.8 Å². The molecule has 82 valence electrons. The molecular formula is C10H21N3O. The van der Waals surface area contributed by atoms with Crippen LogP contribution >= 0.6 is 0 Å². The van der Waals surface area contributed by atoms with Crippen molar-refractivity contribution in [3.05, 3.63) is 0 Å². The van der Waals surface area contributed by atoms with Crippen LogP contribution in [-0.2, 0) is 4.79 Å². The van der Waals surface area contributed by atoms with Gasteiger partial charge in [-0.3, -0.25) is 4.79 Å². The smallest absolute Gasteiger partial charge is 0.220 e. The van der Waals surface area contributed by atoms with Gasteiger partial charge in [0, 0.05) is 19.0 Å². The molecule has 4 heteroatoms. The maximum atomic E-state index is 11.5. The van der Waals surface area contributed by atoms with Crippen molar-refractivity contribution in [3.63, 3.8) is 0 Å². The molecule has 2 unspecified atom stereocenters. The highest BCUT2D eigenvalue weighted by molar-refractivity contribution is 5.76. The van der Waals surface area contributed by atoms with Gasteiger partial charge in [-0.15, -0.1) is 0 Å². The predicted molar refractivity (Wildman–Crippen MR) is 56.9 cm³/mol. The largest absolute Gasteiger partial charge is 0.352 e. The van der Waals surface area contributed by atoms with E-state index in [2.05, 4.69) is 17.3 Å². The topological polar surface area (TPSA) is 58.4 Å². The van der Waals surface area contributed by atoms with Gasteiger partial charge in [0.2, 0.25) is 5.91 Å². The van der Waals surface area contributed by atoms with E-state index in [1.807, 2.05) is 6.92 Å². The van der Waals surface area contributed by atoms with Crippen molar-refractivity contribution in [2.24, 2.45) is 11.7 Å². The molecule has 0 radical (unpaired) electrons. The Morgan fingerprint density at radius 3 is 2.93 bits per heavy atom. The van der Waals surface area contributed by atoms with Crippen LogP contribution in [0.2, 0.25) is 0 Å². The second-order valence-corrected chi connectivity index (χ2v) is 4.36. The zero-order valence-corrected chi connectivity index (χ0v) is 9.12. The summed E-state index contributed by atoms with van der Waals surface area (Å²) in [5, 5.41) is 3.04. The number of nitrogens with two attached hydrogens (primary N) is 1. The first-order chi connectivity index (χ1) is 6.61. The lowest BCUT2D eigenvalue weighted by molar-refractivity contribution is -0.122. The average Bonchev–Trinajstić information content (AvgIpc) is 2.50. The second kappa shape index (κ2) is 5.32. The van der Waals surface area contributed by atoms with Crippen LogP contribution in [0.25, 0.3) is 0 Å². The summed E-state index contributed by atoms with van der Waals surface area (Å²) in [6, 6.07) is 0.345. The predicted octanol–water partition coefficient (Wildman–Crippen LogP) is -0.208. The third kappa shape index (κ3) is 3.64. The Balaban J connectivity index is 2.20. The molecule has 14 heavy (non-hydrogen) atoms. The van der Waals surface area contributed by atoms with E-state index in [1.165, 1.54) is 0 Å². The summed E-state index contributed by atoms with van der Waals surface area (Å²) in [7, 11) is 2.08. The van der Waals surface area contributed by atoms with Crippen LogP contribution in [0.15, 0.2) is 0 Å². The van der Waals surface area contributed by atoms with Crippen molar-refractivity contribution in [1.82, 2.24) is 10.2 Å². The maximum Gasteiger partial charge on any atom is 0.220 e. The van der Waals surface area contributed by atoms with Gasteiger partial charge >= 0.3 is 0 Å². The third-order valence-electron chi connectivity index (χ3n) is 2.69. The van der Waals surface area contributed by atoms with Crippen molar-refractivity contribution >= 4 is 5.91 Å². The van der Waals surface area contributed by atoms with Gasteiger partial charge in [-0.25, -0.2) is 0 Å². The van der Waals surface area contributed by atoms with Gasteiger partial charge in [0.1, 0.15) is 0 Å². The molecule has 1 aliphatic heterocycles. The van der Waals surface area contributed by atoms with Crippen LogP contribution in [0.3, 0.4) is 0 Å². The number of amides is 1. The van der Waals surface area contributed by atoms with Crippen LogP contribution < -0.4 is 11.1 Å². The molecule has 4 nitrogen and oxygen atoms in total. The molecule has 0 aliphatic carbocycles. The number of likely N-dealkylation sites (tertiary alicyclic amines) is 1. The van der Waals surface area contributed by atoms with E-state index in [9.17, 15) is 4.79 Å². The monoisotopic (exact) mass is 199 g/mol. The summed E-state index contributed by atoms with van der Waals surface area (Å²) in [5.74, 6) is 0.428. The van der Waals surface area contributed by atoms with E-state index in [-0.39, 0.29) is 11.8 Å². The average molecular weight is 199 g/mol. The molecule has 3 N–H and O–H groups in total. The summed E-state index contributed by atoms with van der Waals surface area (Å²) >= 11 is 0. The lowest BCUT2D eigenvalue weighted by atomic mass is 10.1. The number of rotatable bonds is 4. The standard InChI is InChI=1S/C10H21N3O/c1-8(6-11)5-10(14)12-9-3-4-13(2)7-9/h8-9H,3-7,11H2,1-2H3,(H,12,14). The van der Waals surface area contributed by atoms with E-state index >= 15 is 0 Å². The molecule has 0 aromatic carbocycles. The third-order valence-corrected chi connectivity index (χ3v) is 2.69. The fraction of sp³-hybridized carbons (Fsp3) is 0.900. The minimum atomic E-state index is 0.142. The Labute approximate surface area is 85.8 Å². The maximum absolute atomic E-state index is 11.5. The molecule has 1 rings (SSSR count). The van der Waals surface area contributed by atoms with E-state index in [4.69, 9.17) is 5.73 Å². The Bertz CT molecular complexity index is 196. The zero-order chi connectivity index (χ0) is 10.6. The summed E-state index contributed by atoms with van der Waals surface area (Å²) < 4.78 is 0. The van der Waals surface area contributed by atoms with E-state index < -0.39 is 0 Å². The fourth-order valence-corrected chi connectivity index (χ4v) is 1.74. The molecule has 1 aliphatic rings. The lowest BCUT2D eigenvalue weighted by Gasteiger charge is -2.14. The summed E-state index contributed by atoms with van der Waals surface area (Å²) in [4.78, 5) is 13.7. The molecule has 0 spiro atoms. The molecule has 1 saturated heterocycles. The molecule has 1 fully saturated rings. The number of likely N-dealkylation sites (N-methyl/N-ethyl adjacent to an activating group) is 1. The van der Waals surface area contributed by atoms with Crippen LogP contribution in [0, 0.1) is 5.92 Å². The number of nitrogens with one attached hydrogen (secondary N) is 1. The van der Waals surface area contributed by atoms with Crippen LogP contribution in [0.5, 0.6) is 0 Å². The molecule has 2 atom stereocenters. The number of hydrogen-bond donors (Lipinski definition) is 2. The van der Waals surface area contributed by atoms with Gasteiger partial charge in [-0.05, 0) is 32.5 Å². The van der Waals surface area contributed by atoms with Gasteiger partial charge in [-0.1, -0.05) is 6.92 Å². The fourth-order valence-electron chi connectivity index (χ4n) is 1.74. The molecule has 0 aromatic heterocycles. The van der Waals surface area contributed by atoms with Crippen molar-refractivity contribution in [1.29, 1.82) is 0 Å². The van der Waals surface area contributed by atoms with E-state index in [0.29, 0.717) is 19.0 Å². The quantitative estimate of drug-likeness (QED) is 0.659. The molecular weight excluding hydrogens is 178 g/mol. The highest BCUT2D eigenvalue weighted by Crippen LogP contribution is 2.07. The molecule has 0 aromatic rings. The Morgan fingerprint density at radius 1 is 1.71 bits per heavy atom. The Hall–Kier alpha value is -0.610. The van der Waals surface area contributed by atoms with Crippen molar-refractivity contribution < 1.29 is 4.79 Å². The Kier molecular flexibility index (Phi) is 4.35. The van der Waals surface area contributed by atoms with Crippen molar-refractivity contribution in [2.75, 3.05) is 26.7 Å². The van der Waals surface area contributed by atoms with Gasteiger partial charge in [0.05, 0.1) is 0 Å². The van der Waals surface area contributed by atoms with Gasteiger partial charge < -0.3 is 16.0 Å². The first-order valence-corrected chi connectivity index (χ1v) is 5.29. The Morgan fingerprint density at radius 2 is 2.43 bits per heavy atom. The molecule has 0 bridgehead atoms. The van der Waals surface area contributed by atoms with Crippen molar-refractivity contribution in [2.45, 2.75) is 25.8 Å². The summed E-state index contributed by atoms with van der Waals surface area (Å²) in [5.41, 5.74) is 5.46. The highest BCUT2D eigenvalue weighted by atomic mass is 16.1. The summed E-state index contributed by atoms with van der Waals surface area (Å²) in [6.45, 7) is 4.64.